The Morgan fingerprint density at radius 2 is 1.72 bits per heavy atom. The van der Waals surface area contributed by atoms with Crippen LogP contribution < -0.4 is 20.3 Å². The van der Waals surface area contributed by atoms with E-state index in [0.29, 0.717) is 45.9 Å². The van der Waals surface area contributed by atoms with Crippen LogP contribution in [0.2, 0.25) is 0 Å². The molecule has 0 radical (unpaired) electrons. The van der Waals surface area contributed by atoms with Gasteiger partial charge in [-0.05, 0) is 61.4 Å². The van der Waals surface area contributed by atoms with Crippen LogP contribution in [0.15, 0.2) is 77.6 Å². The van der Waals surface area contributed by atoms with Gasteiger partial charge in [-0.2, -0.15) is 0 Å². The second-order valence-electron chi connectivity index (χ2n) is 8.60. The molecular formula is C28H25N3O5. The predicted molar refractivity (Wildman–Crippen MR) is 136 cm³/mol. The Hall–Kier alpha value is -4.46. The van der Waals surface area contributed by atoms with Gasteiger partial charge in [0.1, 0.15) is 17.3 Å². The molecule has 5 rings (SSSR count). The number of para-hydroxylation sites is 2. The van der Waals surface area contributed by atoms with E-state index in [0.717, 1.165) is 12.8 Å². The lowest BCUT2D eigenvalue weighted by atomic mass is 10.2. The highest BCUT2D eigenvalue weighted by atomic mass is 16.5. The number of hydrogen-bond acceptors (Lipinski definition) is 6. The lowest BCUT2D eigenvalue weighted by molar-refractivity contribution is -0.134. The number of anilines is 1. The van der Waals surface area contributed by atoms with E-state index in [9.17, 15) is 14.4 Å². The number of carbonyl (C=O) groups is 2. The van der Waals surface area contributed by atoms with E-state index in [2.05, 4.69) is 10.3 Å². The van der Waals surface area contributed by atoms with Crippen LogP contribution in [0.4, 0.5) is 5.69 Å². The van der Waals surface area contributed by atoms with Gasteiger partial charge in [0.05, 0.1) is 30.0 Å². The molecule has 36 heavy (non-hydrogen) atoms. The molecule has 1 saturated carbocycles. The zero-order valence-electron chi connectivity index (χ0n) is 19.8. The molecule has 182 valence electrons. The van der Waals surface area contributed by atoms with Crippen molar-refractivity contribution in [2.75, 3.05) is 12.4 Å². The summed E-state index contributed by atoms with van der Waals surface area (Å²) in [4.78, 5) is 42.7. The molecule has 1 fully saturated rings. The summed E-state index contributed by atoms with van der Waals surface area (Å²) in [5, 5.41) is 3.39. The fraction of sp³-hybridized carbons (Fsp3) is 0.214. The van der Waals surface area contributed by atoms with Crippen molar-refractivity contribution in [2.24, 2.45) is 0 Å². The minimum absolute atomic E-state index is 0.0581. The van der Waals surface area contributed by atoms with Crippen molar-refractivity contribution in [2.45, 2.75) is 31.7 Å². The average Bonchev–Trinajstić information content (AvgIpc) is 3.74. The SMILES string of the molecule is COc1ccccc1C(=O)Nc1ccc(OC(=O)CCc2nc3ccccc3c(=O)n2C2CC2)cc1. The number of aryl methyl sites for hydroxylation is 1. The number of aromatic nitrogens is 2. The molecule has 8 heteroatoms. The van der Waals surface area contributed by atoms with Crippen molar-refractivity contribution in [3.8, 4) is 11.5 Å². The number of nitrogens with zero attached hydrogens (tertiary/aromatic N) is 2. The third-order valence-corrected chi connectivity index (χ3v) is 6.04. The first-order valence-electron chi connectivity index (χ1n) is 11.8. The maximum Gasteiger partial charge on any atom is 0.311 e. The summed E-state index contributed by atoms with van der Waals surface area (Å²) in [5.74, 6) is 0.717. The fourth-order valence-electron chi connectivity index (χ4n) is 4.11. The Morgan fingerprint density at radius 3 is 2.47 bits per heavy atom. The van der Waals surface area contributed by atoms with Gasteiger partial charge in [0.2, 0.25) is 0 Å². The number of benzene rings is 3. The minimum atomic E-state index is -0.425. The molecule has 4 aromatic rings. The highest BCUT2D eigenvalue weighted by molar-refractivity contribution is 6.06. The summed E-state index contributed by atoms with van der Waals surface area (Å²) in [6, 6.07) is 20.9. The zero-order valence-corrected chi connectivity index (χ0v) is 19.8. The van der Waals surface area contributed by atoms with E-state index < -0.39 is 5.97 Å². The van der Waals surface area contributed by atoms with Crippen LogP contribution in [0.5, 0.6) is 11.5 Å². The van der Waals surface area contributed by atoms with Crippen molar-refractivity contribution in [1.82, 2.24) is 9.55 Å². The van der Waals surface area contributed by atoms with Gasteiger partial charge in [-0.1, -0.05) is 24.3 Å². The van der Waals surface area contributed by atoms with Gasteiger partial charge < -0.3 is 14.8 Å². The molecule has 8 nitrogen and oxygen atoms in total. The van der Waals surface area contributed by atoms with Crippen LogP contribution in [-0.4, -0.2) is 28.5 Å². The Bertz CT molecular complexity index is 1490. The molecule has 0 atom stereocenters. The van der Waals surface area contributed by atoms with Crippen LogP contribution in [0, 0.1) is 0 Å². The average molecular weight is 484 g/mol. The molecule has 1 amide bonds. The lowest BCUT2D eigenvalue weighted by Crippen LogP contribution is -2.25. The van der Waals surface area contributed by atoms with E-state index in [1.807, 2.05) is 18.2 Å². The summed E-state index contributed by atoms with van der Waals surface area (Å²) in [5.41, 5.74) is 1.55. The highest BCUT2D eigenvalue weighted by Crippen LogP contribution is 2.35. The minimum Gasteiger partial charge on any atom is -0.496 e. The van der Waals surface area contributed by atoms with E-state index in [4.69, 9.17) is 9.47 Å². The lowest BCUT2D eigenvalue weighted by Gasteiger charge is -2.13. The Balaban J connectivity index is 1.22. The van der Waals surface area contributed by atoms with Crippen LogP contribution >= 0.6 is 0 Å². The normalized spacial score (nSPS) is 12.8. The second kappa shape index (κ2) is 10.0. The Labute approximate surface area is 207 Å². The quantitative estimate of drug-likeness (QED) is 0.292. The van der Waals surface area contributed by atoms with Gasteiger partial charge in [0, 0.05) is 18.2 Å². The van der Waals surface area contributed by atoms with Crippen molar-refractivity contribution < 1.29 is 19.1 Å². The molecule has 1 N–H and O–H groups in total. The van der Waals surface area contributed by atoms with Gasteiger partial charge in [-0.25, -0.2) is 4.98 Å². The van der Waals surface area contributed by atoms with E-state index in [1.165, 1.54) is 7.11 Å². The van der Waals surface area contributed by atoms with Crippen LogP contribution in [0.1, 0.15) is 41.5 Å². The number of ether oxygens (including phenoxy) is 2. The Morgan fingerprint density at radius 1 is 1.00 bits per heavy atom. The van der Waals surface area contributed by atoms with Gasteiger partial charge in [0.25, 0.3) is 11.5 Å². The third kappa shape index (κ3) is 4.98. The molecular weight excluding hydrogens is 458 g/mol. The first-order valence-corrected chi connectivity index (χ1v) is 11.8. The van der Waals surface area contributed by atoms with E-state index in [1.54, 1.807) is 59.2 Å². The zero-order chi connectivity index (χ0) is 25.1. The molecule has 0 bridgehead atoms. The summed E-state index contributed by atoms with van der Waals surface area (Å²) in [6.07, 6.45) is 2.28. The molecule has 0 aliphatic heterocycles. The summed E-state index contributed by atoms with van der Waals surface area (Å²) >= 11 is 0. The molecule has 0 spiro atoms. The monoisotopic (exact) mass is 483 g/mol. The fourth-order valence-corrected chi connectivity index (χ4v) is 4.11. The summed E-state index contributed by atoms with van der Waals surface area (Å²) in [6.45, 7) is 0. The highest BCUT2D eigenvalue weighted by Gasteiger charge is 2.28. The topological polar surface area (TPSA) is 99.5 Å². The first-order chi connectivity index (χ1) is 17.5. The van der Waals surface area contributed by atoms with Crippen molar-refractivity contribution >= 4 is 28.5 Å². The molecule has 0 unspecified atom stereocenters. The van der Waals surface area contributed by atoms with Crippen molar-refractivity contribution in [3.05, 3.63) is 94.5 Å². The molecule has 1 aromatic heterocycles. The molecule has 3 aromatic carbocycles. The molecule has 1 heterocycles. The predicted octanol–water partition coefficient (Wildman–Crippen LogP) is 4.53. The number of rotatable bonds is 8. The standard InChI is InChI=1S/C28H25N3O5/c1-35-24-9-5-3-7-22(24)27(33)29-18-10-14-20(15-11-18)36-26(32)17-16-25-30-23-8-4-2-6-21(23)28(34)31(25)19-12-13-19/h2-11,14-15,19H,12-13,16-17H2,1H3,(H,29,33). The second-order valence-corrected chi connectivity index (χ2v) is 8.60. The van der Waals surface area contributed by atoms with Gasteiger partial charge >= 0.3 is 5.97 Å². The third-order valence-electron chi connectivity index (χ3n) is 6.04. The van der Waals surface area contributed by atoms with Crippen LogP contribution in [0.3, 0.4) is 0 Å². The number of amides is 1. The van der Waals surface area contributed by atoms with Crippen molar-refractivity contribution in [3.63, 3.8) is 0 Å². The van der Waals surface area contributed by atoms with E-state index >= 15 is 0 Å². The number of esters is 1. The number of carbonyl (C=O) groups excluding carboxylic acids is 2. The molecule has 1 aliphatic rings. The largest absolute Gasteiger partial charge is 0.496 e. The van der Waals surface area contributed by atoms with Crippen LogP contribution in [-0.2, 0) is 11.2 Å². The van der Waals surface area contributed by atoms with Gasteiger partial charge in [-0.15, -0.1) is 0 Å². The summed E-state index contributed by atoms with van der Waals surface area (Å²) in [7, 11) is 1.51. The Kier molecular flexibility index (Phi) is 6.49. The van der Waals surface area contributed by atoms with Crippen molar-refractivity contribution in [1.29, 1.82) is 0 Å². The number of hydrogen-bond donors (Lipinski definition) is 1. The van der Waals surface area contributed by atoms with E-state index in [-0.39, 0.29) is 23.9 Å². The maximum absolute atomic E-state index is 13.0. The van der Waals surface area contributed by atoms with Gasteiger partial charge in [-0.3, -0.25) is 19.0 Å². The van der Waals surface area contributed by atoms with Gasteiger partial charge in [0.15, 0.2) is 0 Å². The smallest absolute Gasteiger partial charge is 0.311 e. The van der Waals surface area contributed by atoms with Crippen LogP contribution in [0.25, 0.3) is 10.9 Å². The summed E-state index contributed by atoms with van der Waals surface area (Å²) < 4.78 is 12.4. The maximum atomic E-state index is 13.0. The number of methoxy groups -OCH3 is 1. The number of fused-ring (bicyclic) bond motifs is 1. The molecule has 0 saturated heterocycles. The first kappa shape index (κ1) is 23.3. The number of nitrogens with one attached hydrogen (secondary N) is 1. The molecule has 1 aliphatic carbocycles.